The maximum atomic E-state index is 12.3. The van der Waals surface area contributed by atoms with E-state index in [4.69, 9.17) is 4.74 Å². The van der Waals surface area contributed by atoms with Gasteiger partial charge in [0.25, 0.3) is 5.56 Å². The molecule has 2 aromatic rings. The zero-order valence-corrected chi connectivity index (χ0v) is 14.7. The fraction of sp³-hybridized carbons (Fsp3) is 0.316. The number of carbonyl (C=O) groups is 2. The summed E-state index contributed by atoms with van der Waals surface area (Å²) >= 11 is 0. The van der Waals surface area contributed by atoms with Crippen molar-refractivity contribution in [3.8, 4) is 11.1 Å². The van der Waals surface area contributed by atoms with Gasteiger partial charge in [0.2, 0.25) is 0 Å². The first-order valence-corrected chi connectivity index (χ1v) is 7.83. The highest BCUT2D eigenvalue weighted by atomic mass is 16.6. The van der Waals surface area contributed by atoms with Crippen molar-refractivity contribution in [2.24, 2.45) is 0 Å². The highest BCUT2D eigenvalue weighted by Gasteiger charge is 2.19. The number of aromatic carboxylic acids is 1. The molecule has 2 rings (SSSR count). The summed E-state index contributed by atoms with van der Waals surface area (Å²) in [7, 11) is 0. The average Bonchev–Trinajstić information content (AvgIpc) is 2.48. The van der Waals surface area contributed by atoms with E-state index in [-0.39, 0.29) is 12.1 Å². The molecule has 25 heavy (non-hydrogen) atoms. The molecule has 0 aliphatic carbocycles. The number of carboxylic acid groups (broad SMARTS) is 1. The molecule has 1 N–H and O–H groups in total. The van der Waals surface area contributed by atoms with Gasteiger partial charge in [0.15, 0.2) is 0 Å². The minimum atomic E-state index is -1.34. The second kappa shape index (κ2) is 6.93. The minimum absolute atomic E-state index is 0.351. The average molecular weight is 343 g/mol. The van der Waals surface area contributed by atoms with Gasteiger partial charge in [-0.25, -0.2) is 4.79 Å². The van der Waals surface area contributed by atoms with Crippen molar-refractivity contribution in [3.05, 3.63) is 58.0 Å². The Labute approximate surface area is 145 Å². The van der Waals surface area contributed by atoms with Crippen molar-refractivity contribution < 1.29 is 19.4 Å². The van der Waals surface area contributed by atoms with Crippen LogP contribution in [0.5, 0.6) is 0 Å². The van der Waals surface area contributed by atoms with Crippen molar-refractivity contribution in [2.75, 3.05) is 0 Å². The standard InChI is InChI=1S/C19H21NO5/c1-12-5-7-13(8-6-12)14-9-15(18(23)24)17(22)20(10-14)11-16(21)25-19(2,3)4/h5-10H,11H2,1-4H3,(H,23,24). The Kier molecular flexibility index (Phi) is 5.11. The first-order chi connectivity index (χ1) is 11.6. The summed E-state index contributed by atoms with van der Waals surface area (Å²) in [6.45, 7) is 6.75. The van der Waals surface area contributed by atoms with Gasteiger partial charge < -0.3 is 14.4 Å². The molecule has 0 atom stereocenters. The van der Waals surface area contributed by atoms with Crippen LogP contribution >= 0.6 is 0 Å². The van der Waals surface area contributed by atoms with E-state index in [0.29, 0.717) is 5.56 Å². The molecule has 6 nitrogen and oxygen atoms in total. The predicted molar refractivity (Wildman–Crippen MR) is 93.7 cm³/mol. The van der Waals surface area contributed by atoms with E-state index in [0.717, 1.165) is 15.7 Å². The first kappa shape index (κ1) is 18.4. The van der Waals surface area contributed by atoms with Gasteiger partial charge in [0.1, 0.15) is 17.7 Å². The maximum Gasteiger partial charge on any atom is 0.341 e. The molecule has 1 aromatic heterocycles. The van der Waals surface area contributed by atoms with Crippen LogP contribution in [-0.4, -0.2) is 27.2 Å². The molecule has 0 fully saturated rings. The number of hydrogen-bond donors (Lipinski definition) is 1. The van der Waals surface area contributed by atoms with E-state index in [1.165, 1.54) is 12.3 Å². The van der Waals surface area contributed by atoms with Crippen LogP contribution in [0.3, 0.4) is 0 Å². The molecule has 0 amide bonds. The van der Waals surface area contributed by atoms with Crippen LogP contribution in [0.4, 0.5) is 0 Å². The van der Waals surface area contributed by atoms with E-state index in [1.54, 1.807) is 20.8 Å². The van der Waals surface area contributed by atoms with Gasteiger partial charge in [-0.3, -0.25) is 9.59 Å². The summed E-state index contributed by atoms with van der Waals surface area (Å²) in [4.78, 5) is 35.7. The van der Waals surface area contributed by atoms with Crippen molar-refractivity contribution in [1.82, 2.24) is 4.57 Å². The summed E-state index contributed by atoms with van der Waals surface area (Å²) in [6.07, 6.45) is 1.48. The first-order valence-electron chi connectivity index (χ1n) is 7.83. The van der Waals surface area contributed by atoms with Gasteiger partial charge in [-0.05, 0) is 44.9 Å². The Morgan fingerprint density at radius 3 is 2.24 bits per heavy atom. The lowest BCUT2D eigenvalue weighted by Crippen LogP contribution is -2.32. The van der Waals surface area contributed by atoms with Crippen molar-refractivity contribution >= 4 is 11.9 Å². The topological polar surface area (TPSA) is 85.6 Å². The summed E-state index contributed by atoms with van der Waals surface area (Å²) < 4.78 is 6.29. The van der Waals surface area contributed by atoms with E-state index in [2.05, 4.69) is 0 Å². The molecule has 0 aliphatic heterocycles. The Hall–Kier alpha value is -2.89. The molecule has 0 aliphatic rings. The van der Waals surface area contributed by atoms with E-state index >= 15 is 0 Å². The van der Waals surface area contributed by atoms with Crippen LogP contribution in [0.15, 0.2) is 41.3 Å². The van der Waals surface area contributed by atoms with Gasteiger partial charge in [-0.15, -0.1) is 0 Å². The lowest BCUT2D eigenvalue weighted by molar-refractivity contribution is -0.155. The Bertz CT molecular complexity index is 857. The van der Waals surface area contributed by atoms with Crippen LogP contribution in [0.25, 0.3) is 11.1 Å². The summed E-state index contributed by atoms with van der Waals surface area (Å²) in [5, 5.41) is 9.30. The largest absolute Gasteiger partial charge is 0.477 e. The number of carboxylic acids is 1. The molecule has 0 bridgehead atoms. The molecular weight excluding hydrogens is 322 g/mol. The number of aryl methyl sites for hydroxylation is 1. The number of hydrogen-bond acceptors (Lipinski definition) is 4. The smallest absolute Gasteiger partial charge is 0.341 e. The van der Waals surface area contributed by atoms with Gasteiger partial charge in [-0.1, -0.05) is 29.8 Å². The summed E-state index contributed by atoms with van der Waals surface area (Å²) in [5.74, 6) is -1.94. The van der Waals surface area contributed by atoms with Crippen molar-refractivity contribution in [3.63, 3.8) is 0 Å². The third-order valence-corrected chi connectivity index (χ3v) is 3.42. The number of ether oxygens (including phenoxy) is 1. The quantitative estimate of drug-likeness (QED) is 0.863. The molecule has 0 unspecified atom stereocenters. The number of nitrogens with zero attached hydrogens (tertiary/aromatic N) is 1. The van der Waals surface area contributed by atoms with Gasteiger partial charge in [0, 0.05) is 6.20 Å². The number of esters is 1. The fourth-order valence-electron chi connectivity index (χ4n) is 2.32. The lowest BCUT2D eigenvalue weighted by Gasteiger charge is -2.20. The molecule has 1 heterocycles. The molecular formula is C19H21NO5. The zero-order valence-electron chi connectivity index (χ0n) is 14.7. The van der Waals surface area contributed by atoms with E-state index in [9.17, 15) is 19.5 Å². The van der Waals surface area contributed by atoms with E-state index < -0.39 is 23.1 Å². The second-order valence-electron chi connectivity index (χ2n) is 6.83. The number of pyridine rings is 1. The second-order valence-corrected chi connectivity index (χ2v) is 6.83. The number of rotatable bonds is 4. The SMILES string of the molecule is Cc1ccc(-c2cc(C(=O)O)c(=O)n(CC(=O)OC(C)(C)C)c2)cc1. The maximum absolute atomic E-state index is 12.3. The number of aromatic nitrogens is 1. The van der Waals surface area contributed by atoms with Crippen LogP contribution < -0.4 is 5.56 Å². The zero-order chi connectivity index (χ0) is 18.8. The molecule has 0 saturated carbocycles. The monoisotopic (exact) mass is 343 g/mol. The molecule has 0 saturated heterocycles. The normalized spacial score (nSPS) is 11.2. The molecule has 6 heteroatoms. The van der Waals surface area contributed by atoms with E-state index in [1.807, 2.05) is 31.2 Å². The summed E-state index contributed by atoms with van der Waals surface area (Å²) in [6, 6.07) is 8.76. The molecule has 132 valence electrons. The Morgan fingerprint density at radius 2 is 1.72 bits per heavy atom. The Morgan fingerprint density at radius 1 is 1.12 bits per heavy atom. The molecule has 1 aromatic carbocycles. The van der Waals surface area contributed by atoms with Crippen molar-refractivity contribution in [1.29, 1.82) is 0 Å². The van der Waals surface area contributed by atoms with Gasteiger partial charge >= 0.3 is 11.9 Å². The predicted octanol–water partition coefficient (Wildman–Crippen LogP) is 2.86. The molecule has 0 radical (unpaired) electrons. The number of carbonyl (C=O) groups excluding carboxylic acids is 1. The Balaban J connectivity index is 2.48. The van der Waals surface area contributed by atoms with Crippen LogP contribution in [-0.2, 0) is 16.1 Å². The highest BCUT2D eigenvalue weighted by molar-refractivity contribution is 5.89. The third kappa shape index (κ3) is 4.79. The van der Waals surface area contributed by atoms with Crippen LogP contribution in [0, 0.1) is 6.92 Å². The minimum Gasteiger partial charge on any atom is -0.477 e. The highest BCUT2D eigenvalue weighted by Crippen LogP contribution is 2.20. The summed E-state index contributed by atoms with van der Waals surface area (Å²) in [5.41, 5.74) is 0.539. The number of benzene rings is 1. The van der Waals surface area contributed by atoms with Crippen molar-refractivity contribution in [2.45, 2.75) is 39.8 Å². The third-order valence-electron chi connectivity index (χ3n) is 3.42. The van der Waals surface area contributed by atoms with Crippen LogP contribution in [0.1, 0.15) is 36.7 Å². The van der Waals surface area contributed by atoms with Gasteiger partial charge in [-0.2, -0.15) is 0 Å². The molecule has 0 spiro atoms. The lowest BCUT2D eigenvalue weighted by atomic mass is 10.0. The fourth-order valence-corrected chi connectivity index (χ4v) is 2.32. The van der Waals surface area contributed by atoms with Gasteiger partial charge in [0.05, 0.1) is 0 Å². The van der Waals surface area contributed by atoms with Crippen LogP contribution in [0.2, 0.25) is 0 Å².